The van der Waals surface area contributed by atoms with Crippen molar-refractivity contribution < 1.29 is 9.21 Å². The third kappa shape index (κ3) is 2.46. The van der Waals surface area contributed by atoms with Crippen LogP contribution in [0.2, 0.25) is 0 Å². The highest BCUT2D eigenvalue weighted by molar-refractivity contribution is 7.10. The van der Waals surface area contributed by atoms with Crippen molar-refractivity contribution in [2.24, 2.45) is 0 Å². The molecule has 0 aliphatic heterocycles. The summed E-state index contributed by atoms with van der Waals surface area (Å²) in [4.78, 5) is 15.4. The zero-order valence-corrected chi connectivity index (χ0v) is 10.9. The molecule has 0 aromatic carbocycles. The lowest BCUT2D eigenvalue weighted by atomic mass is 10.3. The van der Waals surface area contributed by atoms with Crippen molar-refractivity contribution in [1.82, 2.24) is 10.3 Å². The summed E-state index contributed by atoms with van der Waals surface area (Å²) in [6.07, 6.45) is 2.53. The minimum atomic E-state index is -0.0578. The molecule has 0 atom stereocenters. The Balaban J connectivity index is 1.72. The van der Waals surface area contributed by atoms with Crippen molar-refractivity contribution in [2.75, 3.05) is 0 Å². The van der Waals surface area contributed by atoms with Crippen LogP contribution in [-0.4, -0.2) is 10.9 Å². The van der Waals surface area contributed by atoms with E-state index >= 15 is 0 Å². The lowest BCUT2D eigenvalue weighted by Crippen LogP contribution is -2.18. The molecule has 0 radical (unpaired) electrons. The van der Waals surface area contributed by atoms with Crippen LogP contribution in [0.4, 0.5) is 0 Å². The summed E-state index contributed by atoms with van der Waals surface area (Å²) in [6, 6.07) is 3.78. The van der Waals surface area contributed by atoms with Crippen LogP contribution in [0.5, 0.6) is 0 Å². The summed E-state index contributed by atoms with van der Waals surface area (Å²) >= 11 is 1.70. The average molecular weight is 262 g/mol. The molecule has 2 aromatic rings. The minimum Gasteiger partial charge on any atom is -0.458 e. The van der Waals surface area contributed by atoms with Crippen LogP contribution in [-0.2, 0) is 11.3 Å². The van der Waals surface area contributed by atoms with Gasteiger partial charge in [-0.2, -0.15) is 0 Å². The molecule has 5 heteroatoms. The van der Waals surface area contributed by atoms with Gasteiger partial charge in [-0.1, -0.05) is 0 Å². The van der Waals surface area contributed by atoms with Crippen molar-refractivity contribution in [3.8, 4) is 11.5 Å². The topological polar surface area (TPSA) is 55.1 Å². The fourth-order valence-corrected chi connectivity index (χ4v) is 2.72. The predicted molar refractivity (Wildman–Crippen MR) is 69.3 cm³/mol. The molecular formula is C13H14N2O2S. The zero-order chi connectivity index (χ0) is 12.5. The molecule has 4 nitrogen and oxygen atoms in total. The van der Waals surface area contributed by atoms with Crippen LogP contribution < -0.4 is 5.32 Å². The average Bonchev–Trinajstić information content (AvgIpc) is 2.92. The monoisotopic (exact) mass is 262 g/mol. The number of hydrogen-bond donors (Lipinski definition) is 1. The van der Waals surface area contributed by atoms with Gasteiger partial charge in [0.25, 0.3) is 0 Å². The van der Waals surface area contributed by atoms with E-state index in [4.69, 9.17) is 4.42 Å². The van der Waals surface area contributed by atoms with Crippen molar-refractivity contribution in [3.63, 3.8) is 0 Å². The molecule has 94 valence electrons. The smallest absolute Gasteiger partial charge is 0.217 e. The highest BCUT2D eigenvalue weighted by atomic mass is 32.1. The van der Waals surface area contributed by atoms with Gasteiger partial charge in [-0.25, -0.2) is 4.98 Å². The van der Waals surface area contributed by atoms with E-state index in [1.165, 1.54) is 24.8 Å². The summed E-state index contributed by atoms with van der Waals surface area (Å²) in [5.74, 6) is 2.15. The SMILES string of the molecule is CC(=O)NCc1ccc(-c2csc(C3CC3)n2)o1. The van der Waals surface area contributed by atoms with Crippen molar-refractivity contribution in [2.45, 2.75) is 32.2 Å². The maximum Gasteiger partial charge on any atom is 0.217 e. The number of carbonyl (C=O) groups is 1. The summed E-state index contributed by atoms with van der Waals surface area (Å²) in [5.41, 5.74) is 0.899. The molecule has 2 heterocycles. The quantitative estimate of drug-likeness (QED) is 0.921. The number of carbonyl (C=O) groups excluding carboxylic acids is 1. The number of amides is 1. The van der Waals surface area contributed by atoms with Crippen LogP contribution >= 0.6 is 11.3 Å². The lowest BCUT2D eigenvalue weighted by Gasteiger charge is -1.97. The van der Waals surface area contributed by atoms with Gasteiger partial charge in [0, 0.05) is 18.2 Å². The third-order valence-electron chi connectivity index (χ3n) is 2.87. The minimum absolute atomic E-state index is 0.0578. The van der Waals surface area contributed by atoms with E-state index in [0.717, 1.165) is 17.2 Å². The van der Waals surface area contributed by atoms with Crippen molar-refractivity contribution in [3.05, 3.63) is 28.3 Å². The highest BCUT2D eigenvalue weighted by Crippen LogP contribution is 2.42. The Morgan fingerprint density at radius 1 is 1.56 bits per heavy atom. The summed E-state index contributed by atoms with van der Waals surface area (Å²) in [7, 11) is 0. The Bertz CT molecular complexity index is 569. The largest absolute Gasteiger partial charge is 0.458 e. The molecule has 1 aliphatic rings. The Labute approximate surface area is 109 Å². The van der Waals surface area contributed by atoms with Gasteiger partial charge in [0.2, 0.25) is 5.91 Å². The van der Waals surface area contributed by atoms with Crippen LogP contribution in [0.15, 0.2) is 21.9 Å². The second kappa shape index (κ2) is 4.57. The van der Waals surface area contributed by atoms with Crippen LogP contribution in [0.3, 0.4) is 0 Å². The fraction of sp³-hybridized carbons (Fsp3) is 0.385. The van der Waals surface area contributed by atoms with Gasteiger partial charge in [-0.15, -0.1) is 11.3 Å². The number of nitrogens with one attached hydrogen (secondary N) is 1. The molecule has 18 heavy (non-hydrogen) atoms. The van der Waals surface area contributed by atoms with Crippen molar-refractivity contribution >= 4 is 17.2 Å². The molecule has 0 bridgehead atoms. The summed E-state index contributed by atoms with van der Waals surface area (Å²) < 4.78 is 5.66. The molecule has 3 rings (SSSR count). The fourth-order valence-electron chi connectivity index (χ4n) is 1.74. The van der Waals surface area contributed by atoms with E-state index < -0.39 is 0 Å². The first-order valence-electron chi connectivity index (χ1n) is 6.01. The van der Waals surface area contributed by atoms with Gasteiger partial charge in [0.1, 0.15) is 11.5 Å². The Morgan fingerprint density at radius 2 is 2.39 bits per heavy atom. The van der Waals surface area contributed by atoms with Gasteiger partial charge in [-0.3, -0.25) is 4.79 Å². The number of nitrogens with zero attached hydrogens (tertiary/aromatic N) is 1. The molecule has 0 spiro atoms. The highest BCUT2D eigenvalue weighted by Gasteiger charge is 2.27. The molecule has 2 aromatic heterocycles. The number of furan rings is 1. The third-order valence-corrected chi connectivity index (χ3v) is 3.88. The molecule has 1 fully saturated rings. The predicted octanol–water partition coefficient (Wildman–Crippen LogP) is 2.92. The van der Waals surface area contributed by atoms with Crippen LogP contribution in [0.1, 0.15) is 36.5 Å². The van der Waals surface area contributed by atoms with Gasteiger partial charge in [0.15, 0.2) is 5.76 Å². The van der Waals surface area contributed by atoms with E-state index in [1.54, 1.807) is 11.3 Å². The molecule has 1 N–H and O–H groups in total. The molecule has 0 saturated heterocycles. The maximum atomic E-state index is 10.8. The van der Waals surface area contributed by atoms with Gasteiger partial charge < -0.3 is 9.73 Å². The first kappa shape index (κ1) is 11.5. The molecule has 1 saturated carbocycles. The van der Waals surface area contributed by atoms with E-state index in [2.05, 4.69) is 10.3 Å². The molecule has 1 aliphatic carbocycles. The Hall–Kier alpha value is -1.62. The van der Waals surface area contributed by atoms with Gasteiger partial charge in [0.05, 0.1) is 11.6 Å². The lowest BCUT2D eigenvalue weighted by molar-refractivity contribution is -0.119. The normalized spacial score (nSPS) is 14.7. The van der Waals surface area contributed by atoms with Crippen molar-refractivity contribution in [1.29, 1.82) is 0 Å². The maximum absolute atomic E-state index is 10.8. The van der Waals surface area contributed by atoms with Gasteiger partial charge >= 0.3 is 0 Å². The summed E-state index contributed by atoms with van der Waals surface area (Å²) in [5, 5.41) is 5.96. The summed E-state index contributed by atoms with van der Waals surface area (Å²) in [6.45, 7) is 1.92. The standard InChI is InChI=1S/C13H14N2O2S/c1-8(16)14-6-10-4-5-12(17-10)11-7-18-13(15-11)9-2-3-9/h4-5,7,9H,2-3,6H2,1H3,(H,14,16). The Kier molecular flexibility index (Phi) is 2.91. The second-order valence-corrected chi connectivity index (χ2v) is 5.41. The first-order chi connectivity index (χ1) is 8.72. The number of rotatable bonds is 4. The van der Waals surface area contributed by atoms with Crippen LogP contribution in [0.25, 0.3) is 11.5 Å². The number of hydrogen-bond acceptors (Lipinski definition) is 4. The van der Waals surface area contributed by atoms with E-state index in [9.17, 15) is 4.79 Å². The number of aromatic nitrogens is 1. The zero-order valence-electron chi connectivity index (χ0n) is 10.1. The number of thiazole rings is 1. The van der Waals surface area contributed by atoms with E-state index in [-0.39, 0.29) is 5.91 Å². The Morgan fingerprint density at radius 3 is 3.11 bits per heavy atom. The van der Waals surface area contributed by atoms with E-state index in [0.29, 0.717) is 12.5 Å². The molecule has 0 unspecified atom stereocenters. The van der Waals surface area contributed by atoms with E-state index in [1.807, 2.05) is 17.5 Å². The second-order valence-electron chi connectivity index (χ2n) is 4.52. The first-order valence-corrected chi connectivity index (χ1v) is 6.89. The van der Waals surface area contributed by atoms with Crippen LogP contribution in [0, 0.1) is 0 Å². The molecule has 1 amide bonds. The van der Waals surface area contributed by atoms with Gasteiger partial charge in [-0.05, 0) is 25.0 Å². The molecular weight excluding hydrogens is 248 g/mol.